The molecule has 1 aromatic rings. The molecule has 0 aromatic carbocycles. The van der Waals surface area contributed by atoms with Gasteiger partial charge in [-0.3, -0.25) is 0 Å². The third-order valence-electron chi connectivity index (χ3n) is 1.59. The second-order valence-electron chi connectivity index (χ2n) is 2.62. The lowest BCUT2D eigenvalue weighted by atomic mass is 10.3. The predicted octanol–water partition coefficient (Wildman–Crippen LogP) is 1.22. The fraction of sp³-hybridized carbons (Fsp3) is 0.200. The number of pyridine rings is 1. The highest BCUT2D eigenvalue weighted by atomic mass is 16.4. The van der Waals surface area contributed by atoms with E-state index >= 15 is 0 Å². The van der Waals surface area contributed by atoms with Gasteiger partial charge in [0.15, 0.2) is 0 Å². The van der Waals surface area contributed by atoms with Gasteiger partial charge in [-0.1, -0.05) is 0 Å². The molecule has 0 saturated carbocycles. The number of aromatic carboxylic acids is 1. The van der Waals surface area contributed by atoms with Crippen LogP contribution in [0.5, 0.6) is 0 Å². The Morgan fingerprint density at radius 1 is 1.64 bits per heavy atom. The zero-order valence-electron chi connectivity index (χ0n) is 7.53. The van der Waals surface area contributed by atoms with Crippen LogP contribution in [0.15, 0.2) is 18.3 Å². The highest BCUT2D eigenvalue weighted by Crippen LogP contribution is 2.04. The molecule has 1 heterocycles. The molecule has 0 bridgehead atoms. The van der Waals surface area contributed by atoms with Crippen molar-refractivity contribution in [2.24, 2.45) is 0 Å². The molecular weight excluding hydrogens is 180 g/mol. The van der Waals surface area contributed by atoms with Crippen molar-refractivity contribution in [3.63, 3.8) is 0 Å². The topological polar surface area (TPSA) is 62.2 Å². The lowest BCUT2D eigenvalue weighted by Gasteiger charge is -2.02. The number of carboxylic acid groups (broad SMARTS) is 1. The number of hydrogen-bond acceptors (Lipinski definition) is 3. The fourth-order valence-corrected chi connectivity index (χ4v) is 0.888. The number of aromatic nitrogens is 1. The predicted molar refractivity (Wildman–Crippen MR) is 53.1 cm³/mol. The first-order valence-electron chi connectivity index (χ1n) is 4.10. The Balaban J connectivity index is 2.56. The molecule has 0 unspecified atom stereocenters. The van der Waals surface area contributed by atoms with Gasteiger partial charge >= 0.3 is 5.97 Å². The molecule has 4 nitrogen and oxygen atoms in total. The molecule has 0 aliphatic heterocycles. The van der Waals surface area contributed by atoms with Crippen LogP contribution in [0.1, 0.15) is 16.8 Å². The van der Waals surface area contributed by atoms with Crippen LogP contribution in [0, 0.1) is 12.3 Å². The van der Waals surface area contributed by atoms with Gasteiger partial charge in [-0.2, -0.15) is 0 Å². The summed E-state index contributed by atoms with van der Waals surface area (Å²) in [5.41, 5.74) is 0.174. The van der Waals surface area contributed by atoms with Crippen LogP contribution in [0.4, 0.5) is 5.82 Å². The second-order valence-corrected chi connectivity index (χ2v) is 2.62. The summed E-state index contributed by atoms with van der Waals surface area (Å²) in [4.78, 5) is 14.4. The molecular formula is C10H10N2O2. The maximum atomic E-state index is 10.5. The molecule has 0 radical (unpaired) electrons. The number of nitrogens with one attached hydrogen (secondary N) is 1. The minimum absolute atomic E-state index is 0.174. The maximum absolute atomic E-state index is 10.5. The molecule has 0 fully saturated rings. The molecule has 0 saturated heterocycles. The molecule has 2 N–H and O–H groups in total. The second kappa shape index (κ2) is 4.87. The summed E-state index contributed by atoms with van der Waals surface area (Å²) in [6.07, 6.45) is 6.99. The zero-order valence-corrected chi connectivity index (χ0v) is 7.53. The maximum Gasteiger partial charge on any atom is 0.337 e. The van der Waals surface area contributed by atoms with E-state index in [-0.39, 0.29) is 5.56 Å². The molecule has 0 atom stereocenters. The third-order valence-corrected chi connectivity index (χ3v) is 1.59. The first-order chi connectivity index (χ1) is 6.74. The Morgan fingerprint density at radius 2 is 2.43 bits per heavy atom. The fourth-order valence-electron chi connectivity index (χ4n) is 0.888. The summed E-state index contributed by atoms with van der Waals surface area (Å²) in [6.45, 7) is 0.635. The van der Waals surface area contributed by atoms with Crippen molar-refractivity contribution in [2.45, 2.75) is 6.42 Å². The molecule has 0 spiro atoms. The summed E-state index contributed by atoms with van der Waals surface area (Å²) >= 11 is 0. The summed E-state index contributed by atoms with van der Waals surface area (Å²) < 4.78 is 0. The largest absolute Gasteiger partial charge is 0.478 e. The number of rotatable bonds is 4. The summed E-state index contributed by atoms with van der Waals surface area (Å²) in [5, 5.41) is 11.6. The van der Waals surface area contributed by atoms with E-state index in [9.17, 15) is 4.79 Å². The molecule has 0 aliphatic carbocycles. The van der Waals surface area contributed by atoms with Crippen LogP contribution in [-0.4, -0.2) is 22.6 Å². The number of carbonyl (C=O) groups is 1. The number of hydrogen-bond donors (Lipinski definition) is 2. The van der Waals surface area contributed by atoms with Gasteiger partial charge in [0.1, 0.15) is 5.82 Å². The van der Waals surface area contributed by atoms with Gasteiger partial charge in [-0.25, -0.2) is 9.78 Å². The van der Waals surface area contributed by atoms with E-state index < -0.39 is 5.97 Å². The molecule has 4 heteroatoms. The van der Waals surface area contributed by atoms with E-state index in [0.29, 0.717) is 18.8 Å². The van der Waals surface area contributed by atoms with E-state index in [1.54, 1.807) is 6.07 Å². The molecule has 0 aliphatic rings. The lowest BCUT2D eigenvalue weighted by Crippen LogP contribution is -2.03. The summed E-state index contributed by atoms with van der Waals surface area (Å²) in [5.74, 6) is 2.13. The van der Waals surface area contributed by atoms with Crippen LogP contribution in [0.3, 0.4) is 0 Å². The minimum Gasteiger partial charge on any atom is -0.478 e. The number of carboxylic acids is 1. The van der Waals surface area contributed by atoms with Crippen molar-refractivity contribution >= 4 is 11.8 Å². The van der Waals surface area contributed by atoms with Gasteiger partial charge in [0.05, 0.1) is 5.56 Å². The first kappa shape index (κ1) is 10.1. The molecule has 1 aromatic heterocycles. The highest BCUT2D eigenvalue weighted by Gasteiger charge is 2.01. The Morgan fingerprint density at radius 3 is 2.93 bits per heavy atom. The van der Waals surface area contributed by atoms with Gasteiger partial charge in [0.25, 0.3) is 0 Å². The quantitative estimate of drug-likeness (QED) is 0.553. The highest BCUT2D eigenvalue weighted by molar-refractivity contribution is 5.87. The van der Waals surface area contributed by atoms with Gasteiger partial charge in [0, 0.05) is 19.2 Å². The third kappa shape index (κ3) is 2.79. The normalized spacial score (nSPS) is 9.07. The van der Waals surface area contributed by atoms with E-state index in [4.69, 9.17) is 11.5 Å². The van der Waals surface area contributed by atoms with Crippen molar-refractivity contribution in [2.75, 3.05) is 11.9 Å². The Labute approximate surface area is 82.0 Å². The zero-order chi connectivity index (χ0) is 10.4. The number of anilines is 1. The van der Waals surface area contributed by atoms with Crippen LogP contribution in [0.25, 0.3) is 0 Å². The van der Waals surface area contributed by atoms with Gasteiger partial charge < -0.3 is 10.4 Å². The van der Waals surface area contributed by atoms with Crippen molar-refractivity contribution in [1.29, 1.82) is 0 Å². The standard InChI is InChI=1S/C10H10N2O2/c1-2-3-6-11-9-5-4-8(7-12-9)10(13)14/h1,4-5,7H,3,6H2,(H,11,12)(H,13,14). The van der Waals surface area contributed by atoms with Gasteiger partial charge in [-0.15, -0.1) is 12.3 Å². The van der Waals surface area contributed by atoms with Gasteiger partial charge in [-0.05, 0) is 12.1 Å². The number of nitrogens with zero attached hydrogens (tertiary/aromatic N) is 1. The smallest absolute Gasteiger partial charge is 0.337 e. The number of terminal acetylenes is 1. The van der Waals surface area contributed by atoms with Crippen molar-refractivity contribution in [3.05, 3.63) is 23.9 Å². The Bertz CT molecular complexity index is 351. The van der Waals surface area contributed by atoms with Crippen LogP contribution < -0.4 is 5.32 Å². The van der Waals surface area contributed by atoms with Crippen LogP contribution in [0.2, 0.25) is 0 Å². The van der Waals surface area contributed by atoms with E-state index in [1.807, 2.05) is 0 Å². The average molecular weight is 190 g/mol. The average Bonchev–Trinajstić information content (AvgIpc) is 2.19. The Kier molecular flexibility index (Phi) is 3.50. The van der Waals surface area contributed by atoms with E-state index in [1.165, 1.54) is 12.3 Å². The van der Waals surface area contributed by atoms with Crippen LogP contribution in [-0.2, 0) is 0 Å². The minimum atomic E-state index is -0.979. The summed E-state index contributed by atoms with van der Waals surface area (Å²) in [6, 6.07) is 3.10. The Hall–Kier alpha value is -2.02. The van der Waals surface area contributed by atoms with Crippen molar-refractivity contribution in [1.82, 2.24) is 4.98 Å². The molecule has 0 amide bonds. The van der Waals surface area contributed by atoms with E-state index in [2.05, 4.69) is 16.2 Å². The van der Waals surface area contributed by atoms with Crippen molar-refractivity contribution in [3.8, 4) is 12.3 Å². The lowest BCUT2D eigenvalue weighted by molar-refractivity contribution is 0.0696. The summed E-state index contributed by atoms with van der Waals surface area (Å²) in [7, 11) is 0. The SMILES string of the molecule is C#CCCNc1ccc(C(=O)O)cn1. The molecule has 1 rings (SSSR count). The monoisotopic (exact) mass is 190 g/mol. The first-order valence-corrected chi connectivity index (χ1v) is 4.10. The molecule has 14 heavy (non-hydrogen) atoms. The van der Waals surface area contributed by atoms with Crippen LogP contribution >= 0.6 is 0 Å². The molecule has 72 valence electrons. The van der Waals surface area contributed by atoms with E-state index in [0.717, 1.165) is 0 Å². The van der Waals surface area contributed by atoms with Crippen molar-refractivity contribution < 1.29 is 9.90 Å². The van der Waals surface area contributed by atoms with Gasteiger partial charge in [0.2, 0.25) is 0 Å².